The van der Waals surface area contributed by atoms with E-state index >= 15 is 0 Å². The Morgan fingerprint density at radius 2 is 1.65 bits per heavy atom. The van der Waals surface area contributed by atoms with Crippen molar-refractivity contribution in [2.24, 2.45) is 0 Å². The predicted molar refractivity (Wildman–Crippen MR) is 95.0 cm³/mol. The molecule has 5 nitrogen and oxygen atoms in total. The molecule has 0 amide bonds. The number of hydrogen-bond donors (Lipinski definition) is 0. The Bertz CT molecular complexity index is 908. The third-order valence-corrected chi connectivity index (χ3v) is 5.35. The Morgan fingerprint density at radius 3 is 2.50 bits per heavy atom. The molecule has 4 atom stereocenters. The zero-order valence-corrected chi connectivity index (χ0v) is 14.5. The molecule has 3 aromatic rings. The van der Waals surface area contributed by atoms with Crippen molar-refractivity contribution in [3.8, 4) is 5.75 Å². The molecule has 2 unspecified atom stereocenters. The van der Waals surface area contributed by atoms with Crippen LogP contribution in [0.15, 0.2) is 59.0 Å². The fraction of sp³-hybridized carbons (Fsp3) is 0.333. The predicted octanol–water partition coefficient (Wildman–Crippen LogP) is 4.55. The third-order valence-electron chi connectivity index (χ3n) is 5.35. The largest absolute Gasteiger partial charge is 0.480 e. The van der Waals surface area contributed by atoms with Crippen LogP contribution in [0.25, 0.3) is 0 Å². The second kappa shape index (κ2) is 6.25. The molecule has 5 rings (SSSR count). The Hall–Kier alpha value is -2.66. The number of hydrogen-bond acceptors (Lipinski definition) is 5. The lowest BCUT2D eigenvalue weighted by molar-refractivity contribution is 0.0985. The van der Waals surface area contributed by atoms with Crippen molar-refractivity contribution in [1.82, 2.24) is 10.2 Å². The molecule has 1 saturated heterocycles. The van der Waals surface area contributed by atoms with E-state index in [0.29, 0.717) is 18.4 Å². The van der Waals surface area contributed by atoms with E-state index in [-0.39, 0.29) is 24.0 Å². The number of benzene rings is 2. The van der Waals surface area contributed by atoms with Gasteiger partial charge in [-0.3, -0.25) is 0 Å². The van der Waals surface area contributed by atoms with Crippen LogP contribution in [0.1, 0.15) is 60.3 Å². The van der Waals surface area contributed by atoms with Crippen LogP contribution in [0.2, 0.25) is 0 Å². The highest BCUT2D eigenvalue weighted by molar-refractivity contribution is 5.41. The fourth-order valence-electron chi connectivity index (χ4n) is 3.96. The minimum absolute atomic E-state index is 0.0383. The molecule has 3 heterocycles. The Labute approximate surface area is 152 Å². The minimum atomic E-state index is -0.230. The van der Waals surface area contributed by atoms with Crippen LogP contribution in [0.5, 0.6) is 5.75 Å². The Kier molecular flexibility index (Phi) is 3.75. The molecule has 0 N–H and O–H groups in total. The summed E-state index contributed by atoms with van der Waals surface area (Å²) in [7, 11) is 0. The summed E-state index contributed by atoms with van der Waals surface area (Å²) < 4.78 is 18.1. The zero-order chi connectivity index (χ0) is 17.5. The van der Waals surface area contributed by atoms with Gasteiger partial charge in [0.2, 0.25) is 5.89 Å². The van der Waals surface area contributed by atoms with Crippen molar-refractivity contribution in [3.63, 3.8) is 0 Å². The van der Waals surface area contributed by atoms with Crippen molar-refractivity contribution in [1.29, 1.82) is 0 Å². The van der Waals surface area contributed by atoms with Crippen molar-refractivity contribution in [2.75, 3.05) is 6.61 Å². The Balaban J connectivity index is 1.41. The maximum Gasteiger partial charge on any atom is 0.257 e. The smallest absolute Gasteiger partial charge is 0.257 e. The first-order valence-corrected chi connectivity index (χ1v) is 9.06. The van der Waals surface area contributed by atoms with Crippen LogP contribution in [0.4, 0.5) is 0 Å². The molecule has 2 aromatic carbocycles. The second-order valence-electron chi connectivity index (χ2n) is 6.94. The highest BCUT2D eigenvalue weighted by Gasteiger charge is 2.39. The molecule has 0 spiro atoms. The lowest BCUT2D eigenvalue weighted by Crippen LogP contribution is -2.08. The molecule has 1 fully saturated rings. The lowest BCUT2D eigenvalue weighted by atomic mass is 9.95. The number of rotatable bonds is 3. The third kappa shape index (κ3) is 2.51. The zero-order valence-electron chi connectivity index (χ0n) is 14.5. The summed E-state index contributed by atoms with van der Waals surface area (Å²) in [5.41, 5.74) is 2.33. The van der Waals surface area contributed by atoms with Gasteiger partial charge in [0.25, 0.3) is 5.89 Å². The maximum atomic E-state index is 6.08. The van der Waals surface area contributed by atoms with E-state index in [0.717, 1.165) is 17.7 Å². The van der Waals surface area contributed by atoms with E-state index in [2.05, 4.69) is 35.3 Å². The van der Waals surface area contributed by atoms with Gasteiger partial charge < -0.3 is 13.9 Å². The van der Waals surface area contributed by atoms with Gasteiger partial charge in [-0.05, 0) is 18.1 Å². The van der Waals surface area contributed by atoms with E-state index in [1.165, 1.54) is 5.56 Å². The topological polar surface area (TPSA) is 57.4 Å². The Morgan fingerprint density at radius 1 is 0.885 bits per heavy atom. The molecule has 0 aliphatic carbocycles. The van der Waals surface area contributed by atoms with Crippen LogP contribution in [0, 0.1) is 0 Å². The summed E-state index contributed by atoms with van der Waals surface area (Å²) in [5, 5.41) is 8.65. The summed E-state index contributed by atoms with van der Waals surface area (Å²) in [6, 6.07) is 18.3. The number of nitrogens with zero attached hydrogens (tertiary/aromatic N) is 2. The van der Waals surface area contributed by atoms with Crippen LogP contribution < -0.4 is 4.74 Å². The van der Waals surface area contributed by atoms with E-state index in [4.69, 9.17) is 13.9 Å². The normalized spacial score (nSPS) is 27.3. The SMILES string of the molecule is CC1c2ccccc2OC1c1nnc([C@H]2CCO[C@@H]2c2ccccc2)o1. The van der Waals surface area contributed by atoms with Gasteiger partial charge >= 0.3 is 0 Å². The van der Waals surface area contributed by atoms with Crippen molar-refractivity contribution in [2.45, 2.75) is 37.4 Å². The van der Waals surface area contributed by atoms with Crippen molar-refractivity contribution >= 4 is 0 Å². The van der Waals surface area contributed by atoms with E-state index in [9.17, 15) is 0 Å². The first-order chi connectivity index (χ1) is 12.8. The van der Waals surface area contributed by atoms with E-state index < -0.39 is 0 Å². The number of fused-ring (bicyclic) bond motifs is 1. The fourth-order valence-corrected chi connectivity index (χ4v) is 3.96. The molecule has 2 aliphatic rings. The molecule has 1 aromatic heterocycles. The van der Waals surface area contributed by atoms with Gasteiger partial charge in [0, 0.05) is 18.1 Å². The van der Waals surface area contributed by atoms with E-state index in [1.54, 1.807) is 0 Å². The van der Waals surface area contributed by atoms with Gasteiger partial charge in [-0.25, -0.2) is 0 Å². The van der Waals surface area contributed by atoms with Gasteiger partial charge in [-0.2, -0.15) is 0 Å². The van der Waals surface area contributed by atoms with Gasteiger partial charge in [-0.15, -0.1) is 10.2 Å². The standard InChI is InChI=1S/C21H20N2O3/c1-13-15-9-5-6-10-17(15)25-18(13)21-23-22-20(26-21)16-11-12-24-19(16)14-7-3-2-4-8-14/h2-10,13,16,18-19H,11-12H2,1H3/t13?,16-,18?,19+/m0/s1. The highest BCUT2D eigenvalue weighted by Crippen LogP contribution is 2.46. The molecule has 5 heteroatoms. The molecule has 0 radical (unpaired) electrons. The highest BCUT2D eigenvalue weighted by atomic mass is 16.5. The van der Waals surface area contributed by atoms with Gasteiger partial charge in [0.1, 0.15) is 5.75 Å². The van der Waals surface area contributed by atoms with E-state index in [1.807, 2.05) is 36.4 Å². The molecule has 0 bridgehead atoms. The summed E-state index contributed by atoms with van der Waals surface area (Å²) >= 11 is 0. The number of aromatic nitrogens is 2. The summed E-state index contributed by atoms with van der Waals surface area (Å²) in [5.74, 6) is 2.35. The first-order valence-electron chi connectivity index (χ1n) is 9.06. The van der Waals surface area contributed by atoms with Crippen molar-refractivity contribution < 1.29 is 13.9 Å². The lowest BCUT2D eigenvalue weighted by Gasteiger charge is -2.16. The monoisotopic (exact) mass is 348 g/mol. The van der Waals surface area contributed by atoms with Crippen LogP contribution in [-0.2, 0) is 4.74 Å². The quantitative estimate of drug-likeness (QED) is 0.695. The van der Waals surface area contributed by atoms with Gasteiger partial charge in [-0.1, -0.05) is 55.5 Å². The number of ether oxygens (including phenoxy) is 2. The minimum Gasteiger partial charge on any atom is -0.480 e. The number of para-hydroxylation sites is 1. The van der Waals surface area contributed by atoms with Gasteiger partial charge in [0.05, 0.1) is 12.0 Å². The summed E-state index contributed by atoms with van der Waals surface area (Å²) in [4.78, 5) is 0. The average molecular weight is 348 g/mol. The first kappa shape index (κ1) is 15.6. The second-order valence-corrected chi connectivity index (χ2v) is 6.94. The van der Waals surface area contributed by atoms with Gasteiger partial charge in [0.15, 0.2) is 6.10 Å². The van der Waals surface area contributed by atoms with Crippen LogP contribution in [-0.4, -0.2) is 16.8 Å². The maximum absolute atomic E-state index is 6.08. The van der Waals surface area contributed by atoms with Crippen molar-refractivity contribution in [3.05, 3.63) is 77.5 Å². The summed E-state index contributed by atoms with van der Waals surface area (Å²) in [6.07, 6.45) is 0.609. The molecule has 26 heavy (non-hydrogen) atoms. The summed E-state index contributed by atoms with van der Waals surface area (Å²) in [6.45, 7) is 2.83. The molecular weight excluding hydrogens is 328 g/mol. The molecule has 2 aliphatic heterocycles. The molecule has 0 saturated carbocycles. The molecular formula is C21H20N2O3. The van der Waals surface area contributed by atoms with Crippen LogP contribution in [0.3, 0.4) is 0 Å². The average Bonchev–Trinajstić information content (AvgIpc) is 3.41. The molecule has 132 valence electrons. The van der Waals surface area contributed by atoms with Crippen LogP contribution >= 0.6 is 0 Å².